The number of likely N-dealkylation sites (N-methyl/N-ethyl adjacent to an activating group) is 1. The van der Waals surface area contributed by atoms with Crippen LogP contribution in [0.15, 0.2) is 69.8 Å². The van der Waals surface area contributed by atoms with Crippen molar-refractivity contribution < 1.29 is 23.8 Å². The number of ether oxygens (including phenoxy) is 1. The van der Waals surface area contributed by atoms with Crippen LogP contribution in [0.3, 0.4) is 0 Å². The van der Waals surface area contributed by atoms with E-state index in [-0.39, 0.29) is 29.3 Å². The number of halogens is 2. The van der Waals surface area contributed by atoms with E-state index >= 15 is 4.39 Å². The van der Waals surface area contributed by atoms with Crippen molar-refractivity contribution in [2.75, 3.05) is 26.0 Å². The number of aliphatic imine (C=N–C) groups is 1. The molecule has 3 aliphatic rings. The quantitative estimate of drug-likeness (QED) is 0.226. The van der Waals surface area contributed by atoms with E-state index in [4.69, 9.17) is 21.3 Å². The van der Waals surface area contributed by atoms with Crippen LogP contribution in [-0.2, 0) is 14.3 Å². The van der Waals surface area contributed by atoms with Crippen molar-refractivity contribution in [1.82, 2.24) is 15.6 Å². The van der Waals surface area contributed by atoms with Crippen LogP contribution in [0.25, 0.3) is 16.8 Å². The van der Waals surface area contributed by atoms with E-state index in [0.717, 1.165) is 30.4 Å². The second-order valence-corrected chi connectivity index (χ2v) is 12.0. The number of hydrazone groups is 1. The normalized spacial score (nSPS) is 21.4. The Bertz CT molecular complexity index is 1700. The van der Waals surface area contributed by atoms with Crippen molar-refractivity contribution in [2.24, 2.45) is 10.1 Å². The SMILES string of the molecule is C=C(/N=C(/OC)C1=C(C)CCC1NCC1CCC(=O)N1)c1cccc(-c2ccc(F)c(NC(=O)C3=CC=NN(C)C3O)c2C)c1Cl. The molecule has 4 N–H and O–H groups in total. The zero-order valence-electron chi connectivity index (χ0n) is 26.3. The van der Waals surface area contributed by atoms with Gasteiger partial charge in [-0.3, -0.25) is 14.6 Å². The summed E-state index contributed by atoms with van der Waals surface area (Å²) in [5.74, 6) is -0.770. The molecule has 2 aliphatic heterocycles. The van der Waals surface area contributed by atoms with Crippen molar-refractivity contribution >= 4 is 46.9 Å². The molecular weight excluding hydrogens is 611 g/mol. The number of methoxy groups -OCH3 is 1. The van der Waals surface area contributed by atoms with Gasteiger partial charge in [0.15, 0.2) is 6.23 Å². The fourth-order valence-corrected chi connectivity index (χ4v) is 6.36. The fourth-order valence-electron chi connectivity index (χ4n) is 6.02. The molecule has 2 aromatic rings. The smallest absolute Gasteiger partial charge is 0.256 e. The Hall–Kier alpha value is -4.32. The highest BCUT2D eigenvalue weighted by Gasteiger charge is 2.30. The predicted octanol–water partition coefficient (Wildman–Crippen LogP) is 4.93. The van der Waals surface area contributed by atoms with Crippen LogP contribution in [-0.4, -0.2) is 73.1 Å². The third-order valence-electron chi connectivity index (χ3n) is 8.62. The third kappa shape index (κ3) is 6.76. The maximum Gasteiger partial charge on any atom is 0.256 e. The van der Waals surface area contributed by atoms with Gasteiger partial charge in [-0.05, 0) is 56.4 Å². The minimum atomic E-state index is -1.27. The molecule has 0 radical (unpaired) electrons. The van der Waals surface area contributed by atoms with E-state index in [9.17, 15) is 14.7 Å². The zero-order valence-corrected chi connectivity index (χ0v) is 27.0. The van der Waals surface area contributed by atoms with Gasteiger partial charge in [-0.2, -0.15) is 5.10 Å². The molecule has 242 valence electrons. The maximum absolute atomic E-state index is 15.1. The summed E-state index contributed by atoms with van der Waals surface area (Å²) in [7, 11) is 3.10. The summed E-state index contributed by atoms with van der Waals surface area (Å²) in [6.07, 6.45) is 4.63. The molecule has 2 aromatic carbocycles. The van der Waals surface area contributed by atoms with E-state index in [0.29, 0.717) is 51.8 Å². The highest BCUT2D eigenvalue weighted by Crippen LogP contribution is 2.39. The van der Waals surface area contributed by atoms with Gasteiger partial charge in [-0.15, -0.1) is 0 Å². The number of anilines is 1. The zero-order chi connectivity index (χ0) is 33.1. The molecule has 10 nitrogen and oxygen atoms in total. The lowest BCUT2D eigenvalue weighted by atomic mass is 9.96. The molecule has 1 fully saturated rings. The first-order valence-electron chi connectivity index (χ1n) is 15.1. The van der Waals surface area contributed by atoms with Crippen molar-refractivity contribution in [2.45, 2.75) is 57.8 Å². The number of hydrogen-bond acceptors (Lipinski definition) is 8. The summed E-state index contributed by atoms with van der Waals surface area (Å²) >= 11 is 6.97. The lowest BCUT2D eigenvalue weighted by Crippen LogP contribution is -2.41. The number of aliphatic hydroxyl groups excluding tert-OH is 1. The Labute approximate surface area is 272 Å². The van der Waals surface area contributed by atoms with Gasteiger partial charge >= 0.3 is 0 Å². The van der Waals surface area contributed by atoms with Gasteiger partial charge < -0.3 is 25.8 Å². The summed E-state index contributed by atoms with van der Waals surface area (Å²) in [6.45, 7) is 8.60. The molecule has 1 saturated heterocycles. The lowest BCUT2D eigenvalue weighted by molar-refractivity contribution is -0.119. The van der Waals surface area contributed by atoms with Gasteiger partial charge in [0, 0.05) is 55.0 Å². The summed E-state index contributed by atoms with van der Waals surface area (Å²) in [5, 5.41) is 25.0. The molecule has 5 rings (SSSR count). The average molecular weight is 649 g/mol. The van der Waals surface area contributed by atoms with E-state index in [1.807, 2.05) is 6.07 Å². The van der Waals surface area contributed by atoms with E-state index in [1.165, 1.54) is 30.4 Å². The van der Waals surface area contributed by atoms with Crippen molar-refractivity contribution in [3.63, 3.8) is 0 Å². The molecular formula is C34H38ClFN6O4. The van der Waals surface area contributed by atoms with Gasteiger partial charge in [-0.25, -0.2) is 9.38 Å². The van der Waals surface area contributed by atoms with Crippen LogP contribution in [0.1, 0.15) is 43.7 Å². The molecule has 3 unspecified atom stereocenters. The van der Waals surface area contributed by atoms with Crippen LogP contribution in [0.2, 0.25) is 5.02 Å². The number of carbonyl (C=O) groups excluding carboxylic acids is 2. The first kappa shape index (κ1) is 33.1. The van der Waals surface area contributed by atoms with Gasteiger partial charge in [-0.1, -0.05) is 48.0 Å². The topological polar surface area (TPSA) is 128 Å². The molecule has 0 spiro atoms. The number of allylic oxidation sites excluding steroid dienone is 2. The van der Waals surface area contributed by atoms with Crippen LogP contribution >= 0.6 is 11.6 Å². The molecule has 0 bridgehead atoms. The predicted molar refractivity (Wildman–Crippen MR) is 179 cm³/mol. The number of nitrogens with one attached hydrogen (secondary N) is 3. The Kier molecular flexibility index (Phi) is 10.0. The standard InChI is InChI=1S/C34H38ClFN6O4/c1-18-9-13-27(37-17-21-10-14-28(43)40-21)29(18)33(46-5)39-20(3)23-7-6-8-24(30(23)35)22-11-12-26(36)31(19(22)2)41-32(44)25-15-16-38-42(4)34(25)45/h6-8,11-12,15-16,21,27,34,37,45H,3,9-10,13-14,17H2,1-2,4-5H3,(H,40,43)(H,41,44)/b39-33+. The summed E-state index contributed by atoms with van der Waals surface area (Å²) < 4.78 is 20.9. The van der Waals surface area contributed by atoms with Crippen molar-refractivity contribution in [3.05, 3.63) is 81.7 Å². The highest BCUT2D eigenvalue weighted by molar-refractivity contribution is 6.35. The van der Waals surface area contributed by atoms with E-state index < -0.39 is 18.0 Å². The number of rotatable bonds is 9. The third-order valence-corrected chi connectivity index (χ3v) is 9.03. The Morgan fingerprint density at radius 1 is 1.24 bits per heavy atom. The van der Waals surface area contributed by atoms with Gasteiger partial charge in [0.05, 0.1) is 29.1 Å². The first-order chi connectivity index (χ1) is 22.0. The monoisotopic (exact) mass is 648 g/mol. The summed E-state index contributed by atoms with van der Waals surface area (Å²) in [6, 6.07) is 8.39. The fraction of sp³-hybridized carbons (Fsp3) is 0.353. The summed E-state index contributed by atoms with van der Waals surface area (Å²) in [4.78, 5) is 29.4. The number of aliphatic hydroxyl groups is 1. The molecule has 2 amide bonds. The van der Waals surface area contributed by atoms with Crippen LogP contribution < -0.4 is 16.0 Å². The number of amides is 2. The summed E-state index contributed by atoms with van der Waals surface area (Å²) in [5.41, 5.74) is 4.72. The molecule has 46 heavy (non-hydrogen) atoms. The second-order valence-electron chi connectivity index (χ2n) is 11.6. The number of benzene rings is 2. The van der Waals surface area contributed by atoms with Crippen molar-refractivity contribution in [1.29, 1.82) is 0 Å². The van der Waals surface area contributed by atoms with Crippen LogP contribution in [0, 0.1) is 12.7 Å². The number of nitrogens with zero attached hydrogens (tertiary/aromatic N) is 3. The van der Waals surface area contributed by atoms with Gasteiger partial charge in [0.1, 0.15) is 5.82 Å². The highest BCUT2D eigenvalue weighted by atomic mass is 35.5. The molecule has 3 atom stereocenters. The molecule has 2 heterocycles. The average Bonchev–Trinajstić information content (AvgIpc) is 3.62. The van der Waals surface area contributed by atoms with Crippen molar-refractivity contribution in [3.8, 4) is 11.1 Å². The van der Waals surface area contributed by atoms with Gasteiger partial charge in [0.2, 0.25) is 11.8 Å². The molecule has 0 saturated carbocycles. The molecule has 12 heteroatoms. The number of hydrogen-bond donors (Lipinski definition) is 4. The number of carbonyl (C=O) groups is 2. The first-order valence-corrected chi connectivity index (χ1v) is 15.5. The lowest BCUT2D eigenvalue weighted by Gasteiger charge is -2.25. The van der Waals surface area contributed by atoms with E-state index in [2.05, 4.69) is 34.6 Å². The minimum absolute atomic E-state index is 0.0134. The maximum atomic E-state index is 15.1. The second kappa shape index (κ2) is 14.0. The van der Waals surface area contributed by atoms with Gasteiger partial charge in [0.25, 0.3) is 5.91 Å². The largest absolute Gasteiger partial charge is 0.481 e. The Morgan fingerprint density at radius 3 is 2.74 bits per heavy atom. The molecule has 1 aliphatic carbocycles. The molecule has 0 aromatic heterocycles. The Balaban J connectivity index is 1.40. The Morgan fingerprint density at radius 2 is 2.02 bits per heavy atom. The van der Waals surface area contributed by atoms with Crippen LogP contribution in [0.4, 0.5) is 10.1 Å². The van der Waals surface area contributed by atoms with E-state index in [1.54, 1.807) is 32.2 Å². The minimum Gasteiger partial charge on any atom is -0.481 e. The van der Waals surface area contributed by atoms with Crippen LogP contribution in [0.5, 0.6) is 0 Å².